The maximum Gasteiger partial charge on any atom is 0.573 e. The lowest BCUT2D eigenvalue weighted by atomic mass is 10.1. The smallest absolute Gasteiger partial charge is 0.406 e. The molecule has 0 aliphatic rings. The van der Waals surface area contributed by atoms with E-state index < -0.39 is 6.36 Å². The van der Waals surface area contributed by atoms with Crippen LogP contribution in [0.5, 0.6) is 5.75 Å². The molecule has 0 aliphatic carbocycles. The number of halogens is 4. The fourth-order valence-electron chi connectivity index (χ4n) is 1.24. The molecule has 1 aromatic rings. The van der Waals surface area contributed by atoms with Crippen molar-refractivity contribution < 1.29 is 23.0 Å². The molecule has 90 valence electrons. The highest BCUT2D eigenvalue weighted by Gasteiger charge is 2.31. The van der Waals surface area contributed by atoms with Crippen molar-refractivity contribution in [1.29, 1.82) is 0 Å². The number of ether oxygens (including phenoxy) is 1. The highest BCUT2D eigenvalue weighted by atomic mass is 35.5. The third kappa shape index (κ3) is 4.28. The van der Waals surface area contributed by atoms with E-state index in [1.165, 1.54) is 18.2 Å². The van der Waals surface area contributed by atoms with E-state index in [-0.39, 0.29) is 18.8 Å². The van der Waals surface area contributed by atoms with Gasteiger partial charge in [-0.3, -0.25) is 0 Å². The minimum Gasteiger partial charge on any atom is -0.406 e. The fourth-order valence-corrected chi connectivity index (χ4v) is 1.43. The minimum absolute atomic E-state index is 0.0992. The third-order valence-electron chi connectivity index (χ3n) is 1.85. The SMILES string of the molecule is OCCCc1cc(Cl)ccc1OC(F)(F)F. The lowest BCUT2D eigenvalue weighted by Crippen LogP contribution is -2.18. The van der Waals surface area contributed by atoms with E-state index in [2.05, 4.69) is 4.74 Å². The number of alkyl halides is 3. The number of benzene rings is 1. The van der Waals surface area contributed by atoms with E-state index in [9.17, 15) is 13.2 Å². The van der Waals surface area contributed by atoms with Gasteiger partial charge in [-0.25, -0.2) is 0 Å². The summed E-state index contributed by atoms with van der Waals surface area (Å²) in [6.07, 6.45) is -4.08. The summed E-state index contributed by atoms with van der Waals surface area (Å²) in [6, 6.07) is 3.89. The molecule has 0 aliphatic heterocycles. The Labute approximate surface area is 95.6 Å². The summed E-state index contributed by atoms with van der Waals surface area (Å²) in [4.78, 5) is 0. The van der Waals surface area contributed by atoms with Gasteiger partial charge >= 0.3 is 6.36 Å². The molecule has 1 aromatic carbocycles. The second-order valence-electron chi connectivity index (χ2n) is 3.13. The van der Waals surface area contributed by atoms with Crippen LogP contribution in [0.25, 0.3) is 0 Å². The van der Waals surface area contributed by atoms with Crippen LogP contribution in [0.2, 0.25) is 5.02 Å². The summed E-state index contributed by atoms with van der Waals surface area (Å²) in [5, 5.41) is 8.96. The van der Waals surface area contributed by atoms with Crippen LogP contribution >= 0.6 is 11.6 Å². The van der Waals surface area contributed by atoms with Crippen LogP contribution in [0.3, 0.4) is 0 Å². The maximum atomic E-state index is 12.0. The molecule has 6 heteroatoms. The molecule has 0 bridgehead atoms. The van der Waals surface area contributed by atoms with Crippen LogP contribution in [-0.4, -0.2) is 18.1 Å². The van der Waals surface area contributed by atoms with Gasteiger partial charge in [-0.15, -0.1) is 13.2 Å². The molecule has 0 radical (unpaired) electrons. The zero-order chi connectivity index (χ0) is 12.2. The molecule has 0 unspecified atom stereocenters. The molecule has 0 amide bonds. The molecule has 1 rings (SSSR count). The van der Waals surface area contributed by atoms with Gasteiger partial charge in [0.1, 0.15) is 5.75 Å². The first-order chi connectivity index (χ1) is 7.42. The molecule has 0 saturated heterocycles. The first kappa shape index (κ1) is 13.1. The van der Waals surface area contributed by atoms with Crippen molar-refractivity contribution in [2.45, 2.75) is 19.2 Å². The average molecular weight is 255 g/mol. The average Bonchev–Trinajstić information content (AvgIpc) is 2.16. The standard InChI is InChI=1S/C10H10ClF3O2/c11-8-3-4-9(16-10(12,13)14)7(6-8)2-1-5-15/h3-4,6,15H,1-2,5H2. The van der Waals surface area contributed by atoms with Crippen LogP contribution in [0.1, 0.15) is 12.0 Å². The Morgan fingerprint density at radius 1 is 1.31 bits per heavy atom. The van der Waals surface area contributed by atoms with Crippen molar-refractivity contribution in [1.82, 2.24) is 0 Å². The van der Waals surface area contributed by atoms with Crippen molar-refractivity contribution >= 4 is 11.6 Å². The molecule has 0 heterocycles. The quantitative estimate of drug-likeness (QED) is 0.894. The summed E-state index contributed by atoms with van der Waals surface area (Å²) >= 11 is 5.67. The van der Waals surface area contributed by atoms with Crippen molar-refractivity contribution in [3.8, 4) is 5.75 Å². The Kier molecular flexibility index (Phi) is 4.44. The maximum absolute atomic E-state index is 12.0. The molecule has 0 atom stereocenters. The zero-order valence-corrected chi connectivity index (χ0v) is 8.98. The molecule has 0 spiro atoms. The highest BCUT2D eigenvalue weighted by Crippen LogP contribution is 2.29. The summed E-state index contributed by atoms with van der Waals surface area (Å²) < 4.78 is 40.0. The number of aliphatic hydroxyl groups is 1. The number of rotatable bonds is 4. The van der Waals surface area contributed by atoms with E-state index in [1.54, 1.807) is 0 Å². The largest absolute Gasteiger partial charge is 0.573 e. The number of hydrogen-bond acceptors (Lipinski definition) is 2. The fraction of sp³-hybridized carbons (Fsp3) is 0.400. The van der Waals surface area contributed by atoms with Gasteiger partial charge in [0.05, 0.1) is 0 Å². The summed E-state index contributed by atoms with van der Waals surface area (Å²) in [5.74, 6) is -0.273. The number of aryl methyl sites for hydroxylation is 1. The third-order valence-corrected chi connectivity index (χ3v) is 2.09. The lowest BCUT2D eigenvalue weighted by Gasteiger charge is -2.13. The zero-order valence-electron chi connectivity index (χ0n) is 8.22. The van der Waals surface area contributed by atoms with Crippen LogP contribution in [0, 0.1) is 0 Å². The molecule has 1 N–H and O–H groups in total. The van der Waals surface area contributed by atoms with Gasteiger partial charge in [-0.05, 0) is 36.6 Å². The molecular formula is C10H10ClF3O2. The highest BCUT2D eigenvalue weighted by molar-refractivity contribution is 6.30. The Morgan fingerprint density at radius 2 is 2.00 bits per heavy atom. The van der Waals surface area contributed by atoms with E-state index in [1.807, 2.05) is 0 Å². The van der Waals surface area contributed by atoms with E-state index in [0.717, 1.165) is 0 Å². The second-order valence-corrected chi connectivity index (χ2v) is 3.56. The Morgan fingerprint density at radius 3 is 2.56 bits per heavy atom. The van der Waals surface area contributed by atoms with Crippen molar-refractivity contribution in [2.75, 3.05) is 6.61 Å². The molecule has 16 heavy (non-hydrogen) atoms. The predicted octanol–water partition coefficient (Wildman–Crippen LogP) is 3.16. The summed E-state index contributed by atoms with van der Waals surface area (Å²) in [5.41, 5.74) is 0.332. The van der Waals surface area contributed by atoms with Crippen LogP contribution in [0.4, 0.5) is 13.2 Å². The normalized spacial score (nSPS) is 11.6. The monoisotopic (exact) mass is 254 g/mol. The summed E-state index contributed by atoms with van der Waals surface area (Å²) in [6.45, 7) is -0.0992. The van der Waals surface area contributed by atoms with Gasteiger partial charge in [0, 0.05) is 11.6 Å². The molecular weight excluding hydrogens is 245 g/mol. The number of aliphatic hydroxyl groups excluding tert-OH is 1. The second kappa shape index (κ2) is 5.41. The lowest BCUT2D eigenvalue weighted by molar-refractivity contribution is -0.274. The molecule has 2 nitrogen and oxygen atoms in total. The van der Waals surface area contributed by atoms with E-state index >= 15 is 0 Å². The first-order valence-electron chi connectivity index (χ1n) is 4.57. The Balaban J connectivity index is 2.89. The van der Waals surface area contributed by atoms with E-state index in [0.29, 0.717) is 17.0 Å². The summed E-state index contributed by atoms with van der Waals surface area (Å²) in [7, 11) is 0. The van der Waals surface area contributed by atoms with Crippen LogP contribution in [0.15, 0.2) is 18.2 Å². The molecule has 0 fully saturated rings. The van der Waals surface area contributed by atoms with Gasteiger partial charge in [0.25, 0.3) is 0 Å². The van der Waals surface area contributed by atoms with Crippen molar-refractivity contribution in [2.24, 2.45) is 0 Å². The van der Waals surface area contributed by atoms with Gasteiger partial charge < -0.3 is 9.84 Å². The van der Waals surface area contributed by atoms with Crippen molar-refractivity contribution in [3.05, 3.63) is 28.8 Å². The first-order valence-corrected chi connectivity index (χ1v) is 4.95. The van der Waals surface area contributed by atoms with Crippen LogP contribution in [-0.2, 0) is 6.42 Å². The number of hydrogen-bond donors (Lipinski definition) is 1. The van der Waals surface area contributed by atoms with Crippen LogP contribution < -0.4 is 4.74 Å². The topological polar surface area (TPSA) is 29.5 Å². The van der Waals surface area contributed by atoms with Gasteiger partial charge in [0.2, 0.25) is 0 Å². The molecule has 0 saturated carbocycles. The van der Waals surface area contributed by atoms with Gasteiger partial charge in [-0.2, -0.15) is 0 Å². The predicted molar refractivity (Wildman–Crippen MR) is 53.5 cm³/mol. The van der Waals surface area contributed by atoms with Crippen molar-refractivity contribution in [3.63, 3.8) is 0 Å². The molecule has 0 aromatic heterocycles. The van der Waals surface area contributed by atoms with Gasteiger partial charge in [0.15, 0.2) is 0 Å². The van der Waals surface area contributed by atoms with Gasteiger partial charge in [-0.1, -0.05) is 11.6 Å². The van der Waals surface area contributed by atoms with E-state index in [4.69, 9.17) is 16.7 Å². The minimum atomic E-state index is -4.72. The Bertz CT molecular complexity index is 352. The Hall–Kier alpha value is -0.940.